The Labute approximate surface area is 122 Å². The van der Waals surface area contributed by atoms with Gasteiger partial charge in [-0.1, -0.05) is 19.8 Å². The van der Waals surface area contributed by atoms with Crippen LogP contribution in [0, 0.1) is 5.41 Å². The largest absolute Gasteiger partial charge is 0.357 e. The summed E-state index contributed by atoms with van der Waals surface area (Å²) < 4.78 is 0. The van der Waals surface area contributed by atoms with Gasteiger partial charge in [-0.25, -0.2) is 0 Å². The molecule has 3 nitrogen and oxygen atoms in total. The average molecular weight is 283 g/mol. The Morgan fingerprint density at radius 1 is 1.32 bits per heavy atom. The van der Waals surface area contributed by atoms with E-state index in [9.17, 15) is 0 Å². The maximum atomic E-state index is 4.85. The molecule has 1 saturated heterocycles. The Morgan fingerprint density at radius 3 is 2.74 bits per heavy atom. The molecular formula is C15H29N3S. The van der Waals surface area contributed by atoms with Gasteiger partial charge < -0.3 is 10.6 Å². The highest BCUT2D eigenvalue weighted by Gasteiger charge is 2.28. The quantitative estimate of drug-likeness (QED) is 0.615. The van der Waals surface area contributed by atoms with Crippen LogP contribution in [0.4, 0.5) is 0 Å². The lowest BCUT2D eigenvalue weighted by Gasteiger charge is -2.26. The highest BCUT2D eigenvalue weighted by Crippen LogP contribution is 2.37. The van der Waals surface area contributed by atoms with Crippen LogP contribution in [0.25, 0.3) is 0 Å². The molecule has 2 rings (SSSR count). The zero-order valence-corrected chi connectivity index (χ0v) is 13.3. The minimum absolute atomic E-state index is 0.448. The Bertz CT molecular complexity index is 292. The van der Waals surface area contributed by atoms with E-state index in [-0.39, 0.29) is 0 Å². The minimum Gasteiger partial charge on any atom is -0.357 e. The zero-order valence-electron chi connectivity index (χ0n) is 12.5. The third-order valence-corrected chi connectivity index (χ3v) is 5.49. The van der Waals surface area contributed by atoms with Gasteiger partial charge in [-0.2, -0.15) is 11.8 Å². The molecule has 0 radical (unpaired) electrons. The fourth-order valence-corrected chi connectivity index (χ4v) is 4.10. The minimum atomic E-state index is 0.448. The fourth-order valence-electron chi connectivity index (χ4n) is 3.02. The summed E-state index contributed by atoms with van der Waals surface area (Å²) in [4.78, 5) is 4.85. The summed E-state index contributed by atoms with van der Waals surface area (Å²) in [6.45, 7) is 6.46. The van der Waals surface area contributed by atoms with Crippen LogP contribution in [0.1, 0.15) is 52.4 Å². The summed E-state index contributed by atoms with van der Waals surface area (Å²) in [6, 6.07) is 0.605. The second kappa shape index (κ2) is 7.41. The summed E-state index contributed by atoms with van der Waals surface area (Å²) in [5.74, 6) is 3.58. The molecule has 0 aromatic carbocycles. The lowest BCUT2D eigenvalue weighted by atomic mass is 9.89. The summed E-state index contributed by atoms with van der Waals surface area (Å²) in [7, 11) is 0. The van der Waals surface area contributed by atoms with Crippen molar-refractivity contribution in [2.24, 2.45) is 10.4 Å². The van der Waals surface area contributed by atoms with E-state index in [1.807, 2.05) is 0 Å². The molecule has 1 aliphatic carbocycles. The van der Waals surface area contributed by atoms with Crippen LogP contribution >= 0.6 is 11.8 Å². The lowest BCUT2D eigenvalue weighted by molar-refractivity contribution is 0.350. The van der Waals surface area contributed by atoms with Gasteiger partial charge in [0.05, 0.1) is 0 Å². The number of hydrogen-bond donors (Lipinski definition) is 2. The van der Waals surface area contributed by atoms with Crippen LogP contribution in [0.5, 0.6) is 0 Å². The maximum absolute atomic E-state index is 4.85. The van der Waals surface area contributed by atoms with Gasteiger partial charge in [0, 0.05) is 24.9 Å². The maximum Gasteiger partial charge on any atom is 0.191 e. The molecule has 0 bridgehead atoms. The first-order chi connectivity index (χ1) is 9.22. The summed E-state index contributed by atoms with van der Waals surface area (Å²) >= 11 is 2.06. The topological polar surface area (TPSA) is 36.4 Å². The number of hydrogen-bond acceptors (Lipinski definition) is 2. The Balaban J connectivity index is 1.86. The average Bonchev–Trinajstić information content (AvgIpc) is 2.85. The third kappa shape index (κ3) is 4.90. The molecule has 2 aliphatic rings. The first-order valence-corrected chi connectivity index (χ1v) is 9.00. The molecule has 0 aromatic heterocycles. The molecule has 2 fully saturated rings. The molecule has 1 aliphatic heterocycles. The van der Waals surface area contributed by atoms with E-state index in [1.165, 1.54) is 50.0 Å². The number of aliphatic imine (C=N–C) groups is 1. The van der Waals surface area contributed by atoms with Gasteiger partial charge in [-0.3, -0.25) is 4.99 Å². The molecule has 2 N–H and O–H groups in total. The van der Waals surface area contributed by atoms with Crippen molar-refractivity contribution < 1.29 is 0 Å². The molecule has 1 heterocycles. The summed E-state index contributed by atoms with van der Waals surface area (Å²) in [5, 5.41) is 7.02. The van der Waals surface area contributed by atoms with Crippen LogP contribution in [0.3, 0.4) is 0 Å². The SMILES string of the molecule is CCNC(=NCC1(C)CCCC1)NC1CCCSC1. The van der Waals surface area contributed by atoms with E-state index in [0.29, 0.717) is 11.5 Å². The molecule has 1 unspecified atom stereocenters. The molecular weight excluding hydrogens is 254 g/mol. The van der Waals surface area contributed by atoms with Crippen molar-refractivity contribution in [3.63, 3.8) is 0 Å². The predicted octanol–water partition coefficient (Wildman–Crippen LogP) is 3.02. The molecule has 19 heavy (non-hydrogen) atoms. The van der Waals surface area contributed by atoms with Crippen molar-refractivity contribution in [1.29, 1.82) is 0 Å². The van der Waals surface area contributed by atoms with Crippen molar-refractivity contribution in [1.82, 2.24) is 10.6 Å². The van der Waals surface area contributed by atoms with E-state index < -0.39 is 0 Å². The van der Waals surface area contributed by atoms with Gasteiger partial charge in [-0.05, 0) is 43.8 Å². The molecule has 110 valence electrons. The van der Waals surface area contributed by atoms with Crippen molar-refractivity contribution >= 4 is 17.7 Å². The normalized spacial score (nSPS) is 27.3. The van der Waals surface area contributed by atoms with Gasteiger partial charge in [0.25, 0.3) is 0 Å². The Hall–Kier alpha value is -0.380. The Morgan fingerprint density at radius 2 is 2.11 bits per heavy atom. The van der Waals surface area contributed by atoms with Gasteiger partial charge in [-0.15, -0.1) is 0 Å². The third-order valence-electron chi connectivity index (χ3n) is 4.27. The van der Waals surface area contributed by atoms with Crippen LogP contribution in [-0.4, -0.2) is 36.6 Å². The standard InChI is InChI=1S/C15H29N3S/c1-3-16-14(18-13-7-6-10-19-11-13)17-12-15(2)8-4-5-9-15/h13H,3-12H2,1-2H3,(H2,16,17,18). The smallest absolute Gasteiger partial charge is 0.191 e. The van der Waals surface area contributed by atoms with Crippen LogP contribution < -0.4 is 10.6 Å². The molecule has 0 aromatic rings. The second-order valence-electron chi connectivity index (χ2n) is 6.27. The van der Waals surface area contributed by atoms with Gasteiger partial charge in [0.15, 0.2) is 5.96 Å². The molecule has 0 spiro atoms. The van der Waals surface area contributed by atoms with E-state index in [4.69, 9.17) is 4.99 Å². The van der Waals surface area contributed by atoms with Crippen molar-refractivity contribution in [3.8, 4) is 0 Å². The number of guanidine groups is 1. The molecule has 1 atom stereocenters. The van der Waals surface area contributed by atoms with Crippen molar-refractivity contribution in [2.75, 3.05) is 24.6 Å². The highest BCUT2D eigenvalue weighted by molar-refractivity contribution is 7.99. The number of thioether (sulfide) groups is 1. The van der Waals surface area contributed by atoms with E-state index in [1.54, 1.807) is 0 Å². The van der Waals surface area contributed by atoms with E-state index in [0.717, 1.165) is 19.0 Å². The van der Waals surface area contributed by atoms with Gasteiger partial charge >= 0.3 is 0 Å². The van der Waals surface area contributed by atoms with E-state index >= 15 is 0 Å². The molecule has 4 heteroatoms. The lowest BCUT2D eigenvalue weighted by Crippen LogP contribution is -2.46. The van der Waals surface area contributed by atoms with E-state index in [2.05, 4.69) is 36.2 Å². The monoisotopic (exact) mass is 283 g/mol. The first-order valence-electron chi connectivity index (χ1n) is 7.84. The highest BCUT2D eigenvalue weighted by atomic mass is 32.2. The van der Waals surface area contributed by atoms with Crippen LogP contribution in [0.15, 0.2) is 4.99 Å². The predicted molar refractivity (Wildman–Crippen MR) is 86.0 cm³/mol. The Kier molecular flexibility index (Phi) is 5.86. The van der Waals surface area contributed by atoms with Crippen LogP contribution in [0.2, 0.25) is 0 Å². The van der Waals surface area contributed by atoms with Gasteiger partial charge in [0.1, 0.15) is 0 Å². The van der Waals surface area contributed by atoms with Gasteiger partial charge in [0.2, 0.25) is 0 Å². The van der Waals surface area contributed by atoms with Crippen molar-refractivity contribution in [2.45, 2.75) is 58.4 Å². The molecule has 0 amide bonds. The number of nitrogens with one attached hydrogen (secondary N) is 2. The van der Waals surface area contributed by atoms with Crippen LogP contribution in [-0.2, 0) is 0 Å². The zero-order chi connectivity index (χ0) is 13.6. The summed E-state index contributed by atoms with van der Waals surface area (Å²) in [6.07, 6.45) is 8.07. The number of rotatable bonds is 4. The summed E-state index contributed by atoms with van der Waals surface area (Å²) in [5.41, 5.74) is 0.448. The molecule has 1 saturated carbocycles. The fraction of sp³-hybridized carbons (Fsp3) is 0.933. The second-order valence-corrected chi connectivity index (χ2v) is 7.42. The van der Waals surface area contributed by atoms with Crippen molar-refractivity contribution in [3.05, 3.63) is 0 Å². The number of nitrogens with zero attached hydrogens (tertiary/aromatic N) is 1. The first kappa shape index (κ1) is 15.0.